The van der Waals surface area contributed by atoms with Gasteiger partial charge in [-0.15, -0.1) is 0 Å². The zero-order chi connectivity index (χ0) is 13.3. The van der Waals surface area contributed by atoms with Crippen LogP contribution < -0.4 is 0 Å². The third-order valence-corrected chi connectivity index (χ3v) is 4.98. The van der Waals surface area contributed by atoms with Crippen LogP contribution in [0.15, 0.2) is 21.6 Å². The molecule has 0 radical (unpaired) electrons. The molecule has 0 amide bonds. The first-order valence-corrected chi connectivity index (χ1v) is 7.22. The van der Waals surface area contributed by atoms with Crippen LogP contribution in [0.1, 0.15) is 36.7 Å². The Kier molecular flexibility index (Phi) is 3.45. The SMILES string of the molecule is CC1CCCCN1S(=O)(=O)c1ccc(C(=O)O)o1. The van der Waals surface area contributed by atoms with Crippen molar-refractivity contribution in [3.8, 4) is 0 Å². The number of rotatable bonds is 3. The highest BCUT2D eigenvalue weighted by atomic mass is 32.2. The minimum Gasteiger partial charge on any atom is -0.475 e. The summed E-state index contributed by atoms with van der Waals surface area (Å²) < 4.78 is 30.8. The fraction of sp³-hybridized carbons (Fsp3) is 0.545. The molecule has 2 heterocycles. The summed E-state index contributed by atoms with van der Waals surface area (Å²) in [5.74, 6) is -1.64. The van der Waals surface area contributed by atoms with Gasteiger partial charge in [0.1, 0.15) is 0 Å². The van der Waals surface area contributed by atoms with E-state index in [9.17, 15) is 13.2 Å². The first kappa shape index (κ1) is 13.1. The Morgan fingerprint density at radius 3 is 2.72 bits per heavy atom. The van der Waals surface area contributed by atoms with Crippen LogP contribution in [0.25, 0.3) is 0 Å². The zero-order valence-electron chi connectivity index (χ0n) is 10.00. The second-order valence-electron chi connectivity index (χ2n) is 4.38. The van der Waals surface area contributed by atoms with Crippen LogP contribution in [0.3, 0.4) is 0 Å². The molecule has 1 fully saturated rings. The number of furan rings is 1. The molecular formula is C11H15NO5S. The summed E-state index contributed by atoms with van der Waals surface area (Å²) in [6.45, 7) is 2.30. The molecule has 1 aromatic heterocycles. The monoisotopic (exact) mass is 273 g/mol. The van der Waals surface area contributed by atoms with Crippen LogP contribution in [0, 0.1) is 0 Å². The van der Waals surface area contributed by atoms with Gasteiger partial charge in [-0.3, -0.25) is 0 Å². The van der Waals surface area contributed by atoms with Crippen molar-refractivity contribution in [3.63, 3.8) is 0 Å². The van der Waals surface area contributed by atoms with E-state index in [0.29, 0.717) is 6.54 Å². The number of aromatic carboxylic acids is 1. The van der Waals surface area contributed by atoms with Crippen LogP contribution in [0.5, 0.6) is 0 Å². The Morgan fingerprint density at radius 2 is 2.17 bits per heavy atom. The summed E-state index contributed by atoms with van der Waals surface area (Å²) in [5, 5.41) is 8.43. The van der Waals surface area contributed by atoms with E-state index in [1.165, 1.54) is 10.4 Å². The summed E-state index contributed by atoms with van der Waals surface area (Å²) in [6, 6.07) is 2.27. The molecule has 1 aliphatic rings. The van der Waals surface area contributed by atoms with E-state index in [1.54, 1.807) is 0 Å². The average Bonchev–Trinajstić information content (AvgIpc) is 2.79. The molecule has 0 aromatic carbocycles. The fourth-order valence-electron chi connectivity index (χ4n) is 2.12. The van der Waals surface area contributed by atoms with Gasteiger partial charge >= 0.3 is 5.97 Å². The number of hydrogen-bond donors (Lipinski definition) is 1. The van der Waals surface area contributed by atoms with Gasteiger partial charge in [-0.05, 0) is 31.9 Å². The fourth-order valence-corrected chi connectivity index (χ4v) is 3.73. The van der Waals surface area contributed by atoms with Crippen molar-refractivity contribution < 1.29 is 22.7 Å². The van der Waals surface area contributed by atoms with Crippen molar-refractivity contribution >= 4 is 16.0 Å². The van der Waals surface area contributed by atoms with E-state index in [2.05, 4.69) is 0 Å². The second-order valence-corrected chi connectivity index (χ2v) is 6.21. The molecule has 1 saturated heterocycles. The number of sulfonamides is 1. The van der Waals surface area contributed by atoms with Crippen molar-refractivity contribution in [2.45, 2.75) is 37.3 Å². The largest absolute Gasteiger partial charge is 0.475 e. The Bertz CT molecular complexity index is 548. The van der Waals surface area contributed by atoms with Gasteiger partial charge < -0.3 is 9.52 Å². The smallest absolute Gasteiger partial charge is 0.371 e. The van der Waals surface area contributed by atoms with Crippen LogP contribution in [0.4, 0.5) is 0 Å². The number of carboxylic acids is 1. The maximum Gasteiger partial charge on any atom is 0.371 e. The predicted octanol–water partition coefficient (Wildman–Crippen LogP) is 1.54. The molecule has 1 aromatic rings. The third kappa shape index (κ3) is 2.28. The van der Waals surface area contributed by atoms with Crippen LogP contribution in [-0.4, -0.2) is 36.4 Å². The molecule has 0 spiro atoms. The maximum absolute atomic E-state index is 12.3. The van der Waals surface area contributed by atoms with Crippen molar-refractivity contribution in [3.05, 3.63) is 17.9 Å². The minimum atomic E-state index is -3.72. The summed E-state index contributed by atoms with van der Waals surface area (Å²) in [4.78, 5) is 10.7. The Balaban J connectivity index is 2.31. The van der Waals surface area contributed by atoms with E-state index >= 15 is 0 Å². The third-order valence-electron chi connectivity index (χ3n) is 3.10. The summed E-state index contributed by atoms with van der Waals surface area (Å²) in [5.41, 5.74) is 0. The maximum atomic E-state index is 12.3. The number of carbonyl (C=O) groups is 1. The first-order chi connectivity index (χ1) is 8.43. The Morgan fingerprint density at radius 1 is 1.44 bits per heavy atom. The molecule has 0 bridgehead atoms. The molecule has 2 rings (SSSR count). The number of piperidine rings is 1. The van der Waals surface area contributed by atoms with Gasteiger partial charge in [0.05, 0.1) is 0 Å². The van der Waals surface area contributed by atoms with E-state index in [4.69, 9.17) is 9.52 Å². The van der Waals surface area contributed by atoms with Crippen molar-refractivity contribution in [1.29, 1.82) is 0 Å². The highest BCUT2D eigenvalue weighted by Crippen LogP contribution is 2.26. The first-order valence-electron chi connectivity index (χ1n) is 5.78. The lowest BCUT2D eigenvalue weighted by atomic mass is 10.1. The molecule has 1 aliphatic heterocycles. The van der Waals surface area contributed by atoms with Gasteiger partial charge in [0.15, 0.2) is 0 Å². The van der Waals surface area contributed by atoms with Crippen LogP contribution >= 0.6 is 0 Å². The number of hydrogen-bond acceptors (Lipinski definition) is 4. The van der Waals surface area contributed by atoms with Gasteiger partial charge in [-0.2, -0.15) is 4.31 Å². The highest BCUT2D eigenvalue weighted by molar-refractivity contribution is 7.89. The molecule has 1 N–H and O–H groups in total. The molecule has 18 heavy (non-hydrogen) atoms. The molecule has 1 atom stereocenters. The van der Waals surface area contributed by atoms with Gasteiger partial charge in [0.25, 0.3) is 10.0 Å². The lowest BCUT2D eigenvalue weighted by molar-refractivity contribution is 0.0656. The van der Waals surface area contributed by atoms with E-state index in [0.717, 1.165) is 25.3 Å². The van der Waals surface area contributed by atoms with Gasteiger partial charge in [0, 0.05) is 12.6 Å². The van der Waals surface area contributed by atoms with E-state index in [1.807, 2.05) is 6.92 Å². The van der Waals surface area contributed by atoms with Gasteiger partial charge in [-0.25, -0.2) is 13.2 Å². The normalized spacial score (nSPS) is 21.9. The summed E-state index contributed by atoms with van der Waals surface area (Å²) in [7, 11) is -3.72. The number of nitrogens with zero attached hydrogens (tertiary/aromatic N) is 1. The van der Waals surface area contributed by atoms with Gasteiger partial charge in [0.2, 0.25) is 10.9 Å². The predicted molar refractivity (Wildman–Crippen MR) is 62.9 cm³/mol. The summed E-state index contributed by atoms with van der Waals surface area (Å²) >= 11 is 0. The molecule has 0 saturated carbocycles. The molecule has 100 valence electrons. The van der Waals surface area contributed by atoms with E-state index < -0.39 is 16.0 Å². The van der Waals surface area contributed by atoms with Crippen LogP contribution in [-0.2, 0) is 10.0 Å². The molecule has 7 heteroatoms. The second kappa shape index (κ2) is 4.74. The molecule has 0 aliphatic carbocycles. The lowest BCUT2D eigenvalue weighted by Crippen LogP contribution is -2.41. The van der Waals surface area contributed by atoms with Gasteiger partial charge in [-0.1, -0.05) is 6.42 Å². The molecule has 1 unspecified atom stereocenters. The van der Waals surface area contributed by atoms with E-state index in [-0.39, 0.29) is 16.9 Å². The summed E-state index contributed by atoms with van der Waals surface area (Å²) in [6.07, 6.45) is 2.63. The van der Waals surface area contributed by atoms with Crippen LogP contribution in [0.2, 0.25) is 0 Å². The van der Waals surface area contributed by atoms with Crippen molar-refractivity contribution in [2.75, 3.05) is 6.54 Å². The molecular weight excluding hydrogens is 258 g/mol. The number of carboxylic acid groups (broad SMARTS) is 1. The Hall–Kier alpha value is -1.34. The van der Waals surface area contributed by atoms with Crippen molar-refractivity contribution in [1.82, 2.24) is 4.31 Å². The Labute approximate surface area is 105 Å². The quantitative estimate of drug-likeness (QED) is 0.902. The standard InChI is InChI=1S/C11H15NO5S/c1-8-4-2-3-7-12(8)18(15,16)10-6-5-9(17-10)11(13)14/h5-6,8H,2-4,7H2,1H3,(H,13,14). The topological polar surface area (TPSA) is 87.8 Å². The minimum absolute atomic E-state index is 0.0814. The van der Waals surface area contributed by atoms with Crippen molar-refractivity contribution in [2.24, 2.45) is 0 Å². The highest BCUT2D eigenvalue weighted by Gasteiger charge is 2.33. The molecule has 6 nitrogen and oxygen atoms in total. The zero-order valence-corrected chi connectivity index (χ0v) is 10.8. The lowest BCUT2D eigenvalue weighted by Gasteiger charge is -2.31. The average molecular weight is 273 g/mol.